The summed E-state index contributed by atoms with van der Waals surface area (Å²) in [6.45, 7) is 0. The van der Waals surface area contributed by atoms with E-state index in [1.54, 1.807) is 6.07 Å². The number of para-hydroxylation sites is 1. The third-order valence-corrected chi connectivity index (χ3v) is 3.28. The fourth-order valence-electron chi connectivity index (χ4n) is 1.49. The molecule has 2 rings (SSSR count). The summed E-state index contributed by atoms with van der Waals surface area (Å²) < 4.78 is 38.6. The molecular formula is C13H9F3IN. The number of rotatable bonds is 2. The average molecular weight is 363 g/mol. The van der Waals surface area contributed by atoms with E-state index in [1.807, 2.05) is 24.3 Å². The summed E-state index contributed by atoms with van der Waals surface area (Å²) in [5.74, 6) is 0. The van der Waals surface area contributed by atoms with Crippen molar-refractivity contribution < 1.29 is 13.2 Å². The second kappa shape index (κ2) is 5.17. The highest BCUT2D eigenvalue weighted by Gasteiger charge is 2.30. The smallest absolute Gasteiger partial charge is 0.355 e. The van der Waals surface area contributed by atoms with Gasteiger partial charge in [-0.05, 0) is 52.9 Å². The van der Waals surface area contributed by atoms with Crippen molar-refractivity contribution in [3.05, 3.63) is 57.7 Å². The van der Waals surface area contributed by atoms with Crippen molar-refractivity contribution in [3.8, 4) is 0 Å². The van der Waals surface area contributed by atoms with E-state index in [0.29, 0.717) is 5.69 Å². The Hall–Kier alpha value is -1.24. The van der Waals surface area contributed by atoms with Gasteiger partial charge in [0.05, 0.1) is 11.3 Å². The summed E-state index contributed by atoms with van der Waals surface area (Å²) in [5.41, 5.74) is 0.560. The molecule has 0 amide bonds. The van der Waals surface area contributed by atoms with E-state index >= 15 is 0 Å². The van der Waals surface area contributed by atoms with Crippen LogP contribution in [0.3, 0.4) is 0 Å². The Morgan fingerprint density at radius 3 is 2.33 bits per heavy atom. The normalized spacial score (nSPS) is 11.3. The lowest BCUT2D eigenvalue weighted by Crippen LogP contribution is -2.05. The molecule has 0 unspecified atom stereocenters. The van der Waals surface area contributed by atoms with E-state index in [-0.39, 0.29) is 0 Å². The van der Waals surface area contributed by atoms with Gasteiger partial charge in [-0.15, -0.1) is 0 Å². The zero-order valence-corrected chi connectivity index (χ0v) is 11.3. The minimum Gasteiger partial charge on any atom is -0.355 e. The molecule has 0 saturated carbocycles. The molecule has 0 radical (unpaired) electrons. The van der Waals surface area contributed by atoms with Crippen LogP contribution in [0, 0.1) is 3.57 Å². The first-order valence-electron chi connectivity index (χ1n) is 5.15. The molecule has 0 heterocycles. The Morgan fingerprint density at radius 2 is 1.67 bits per heavy atom. The first-order chi connectivity index (χ1) is 8.47. The minimum absolute atomic E-state index is 0.425. The molecule has 2 aromatic carbocycles. The average Bonchev–Trinajstić information content (AvgIpc) is 2.31. The summed E-state index contributed by atoms with van der Waals surface area (Å²) in [7, 11) is 0. The van der Waals surface area contributed by atoms with Crippen molar-refractivity contribution >= 4 is 34.0 Å². The molecular weight excluding hydrogens is 354 g/mol. The van der Waals surface area contributed by atoms with Crippen LogP contribution in [0.2, 0.25) is 0 Å². The number of nitrogens with one attached hydrogen (secondary N) is 1. The van der Waals surface area contributed by atoms with Gasteiger partial charge in [0.2, 0.25) is 0 Å². The van der Waals surface area contributed by atoms with E-state index in [9.17, 15) is 13.2 Å². The maximum Gasteiger partial charge on any atom is 0.416 e. The summed E-state index contributed by atoms with van der Waals surface area (Å²) in [4.78, 5) is 0. The van der Waals surface area contributed by atoms with Crippen molar-refractivity contribution in [1.29, 1.82) is 0 Å². The van der Waals surface area contributed by atoms with Crippen LogP contribution in [0.5, 0.6) is 0 Å². The summed E-state index contributed by atoms with van der Waals surface area (Å²) >= 11 is 2.13. The van der Waals surface area contributed by atoms with Gasteiger partial charge in [-0.1, -0.05) is 18.2 Å². The fourth-order valence-corrected chi connectivity index (χ4v) is 2.01. The molecule has 0 bridgehead atoms. The lowest BCUT2D eigenvalue weighted by molar-refractivity contribution is -0.137. The van der Waals surface area contributed by atoms with Gasteiger partial charge in [-0.3, -0.25) is 0 Å². The van der Waals surface area contributed by atoms with Crippen molar-refractivity contribution in [2.75, 3.05) is 5.32 Å². The zero-order valence-electron chi connectivity index (χ0n) is 9.13. The first kappa shape index (κ1) is 13.2. The van der Waals surface area contributed by atoms with E-state index in [1.165, 1.54) is 6.07 Å². The molecule has 18 heavy (non-hydrogen) atoms. The van der Waals surface area contributed by atoms with Crippen molar-refractivity contribution in [2.24, 2.45) is 0 Å². The second-order valence-electron chi connectivity index (χ2n) is 3.68. The van der Waals surface area contributed by atoms with Gasteiger partial charge >= 0.3 is 6.18 Å². The van der Waals surface area contributed by atoms with Crippen molar-refractivity contribution in [1.82, 2.24) is 0 Å². The Bertz CT molecular complexity index is 552. The Labute approximate surface area is 116 Å². The molecule has 0 aliphatic heterocycles. The van der Waals surface area contributed by atoms with E-state index in [4.69, 9.17) is 0 Å². The van der Waals surface area contributed by atoms with Crippen LogP contribution in [-0.2, 0) is 6.18 Å². The molecule has 2 aromatic rings. The molecule has 0 saturated heterocycles. The number of halogens is 4. The third-order valence-electron chi connectivity index (χ3n) is 2.34. The number of anilines is 2. The highest BCUT2D eigenvalue weighted by molar-refractivity contribution is 14.1. The third kappa shape index (κ3) is 3.16. The number of alkyl halides is 3. The Morgan fingerprint density at radius 1 is 0.944 bits per heavy atom. The quantitative estimate of drug-likeness (QED) is 0.736. The SMILES string of the molecule is FC(F)(F)c1cccc(Nc2ccccc2I)c1. The van der Waals surface area contributed by atoms with Crippen LogP contribution < -0.4 is 5.32 Å². The van der Waals surface area contributed by atoms with Gasteiger partial charge in [0.25, 0.3) is 0 Å². The van der Waals surface area contributed by atoms with Gasteiger partial charge < -0.3 is 5.32 Å². The molecule has 0 aliphatic rings. The molecule has 0 spiro atoms. The molecule has 0 aromatic heterocycles. The number of hydrogen-bond acceptors (Lipinski definition) is 1. The molecule has 0 fully saturated rings. The highest BCUT2D eigenvalue weighted by atomic mass is 127. The fraction of sp³-hybridized carbons (Fsp3) is 0.0769. The van der Waals surface area contributed by atoms with Gasteiger partial charge in [0, 0.05) is 9.26 Å². The Balaban J connectivity index is 2.28. The standard InChI is InChI=1S/C13H9F3IN/c14-13(15,16)9-4-3-5-10(8-9)18-12-7-2-1-6-11(12)17/h1-8,18H. The first-order valence-corrected chi connectivity index (χ1v) is 6.23. The highest BCUT2D eigenvalue weighted by Crippen LogP contribution is 2.31. The van der Waals surface area contributed by atoms with Crippen molar-refractivity contribution in [2.45, 2.75) is 6.18 Å². The lowest BCUT2D eigenvalue weighted by atomic mass is 10.2. The maximum atomic E-state index is 12.6. The molecule has 0 atom stereocenters. The van der Waals surface area contributed by atoms with Gasteiger partial charge in [-0.25, -0.2) is 0 Å². The zero-order chi connectivity index (χ0) is 13.2. The minimum atomic E-state index is -4.32. The largest absolute Gasteiger partial charge is 0.416 e. The van der Waals surface area contributed by atoms with Crippen LogP contribution in [-0.4, -0.2) is 0 Å². The second-order valence-corrected chi connectivity index (χ2v) is 4.85. The Kier molecular flexibility index (Phi) is 3.79. The summed E-state index contributed by atoms with van der Waals surface area (Å²) in [6, 6.07) is 12.6. The van der Waals surface area contributed by atoms with E-state index in [0.717, 1.165) is 21.4 Å². The molecule has 5 heteroatoms. The topological polar surface area (TPSA) is 12.0 Å². The van der Waals surface area contributed by atoms with E-state index < -0.39 is 11.7 Å². The van der Waals surface area contributed by atoms with Crippen LogP contribution in [0.25, 0.3) is 0 Å². The summed E-state index contributed by atoms with van der Waals surface area (Å²) in [6.07, 6.45) is -4.32. The van der Waals surface area contributed by atoms with Gasteiger partial charge in [-0.2, -0.15) is 13.2 Å². The maximum absolute atomic E-state index is 12.6. The van der Waals surface area contributed by atoms with E-state index in [2.05, 4.69) is 27.9 Å². The van der Waals surface area contributed by atoms with Crippen LogP contribution in [0.15, 0.2) is 48.5 Å². The molecule has 94 valence electrons. The molecule has 0 aliphatic carbocycles. The number of benzene rings is 2. The van der Waals surface area contributed by atoms with Crippen LogP contribution >= 0.6 is 22.6 Å². The predicted octanol–water partition coefficient (Wildman–Crippen LogP) is 5.05. The number of hydrogen-bond donors (Lipinski definition) is 1. The monoisotopic (exact) mass is 363 g/mol. The van der Waals surface area contributed by atoms with Gasteiger partial charge in [0.1, 0.15) is 0 Å². The van der Waals surface area contributed by atoms with Gasteiger partial charge in [0.15, 0.2) is 0 Å². The predicted molar refractivity (Wildman–Crippen MR) is 73.9 cm³/mol. The lowest BCUT2D eigenvalue weighted by Gasteiger charge is -2.11. The molecule has 1 nitrogen and oxygen atoms in total. The van der Waals surface area contributed by atoms with Crippen molar-refractivity contribution in [3.63, 3.8) is 0 Å². The molecule has 1 N–H and O–H groups in total. The van der Waals surface area contributed by atoms with Crippen LogP contribution in [0.1, 0.15) is 5.56 Å². The van der Waals surface area contributed by atoms with Crippen LogP contribution in [0.4, 0.5) is 24.5 Å². The summed E-state index contributed by atoms with van der Waals surface area (Å²) in [5, 5.41) is 2.98.